The number of likely N-dealkylation sites (tertiary alicyclic amines) is 1. The molecule has 1 aliphatic heterocycles. The third-order valence-electron chi connectivity index (χ3n) is 5.64. The number of fused-ring (bicyclic) bond motifs is 1. The van der Waals surface area contributed by atoms with Gasteiger partial charge in [-0.05, 0) is 69.9 Å². The van der Waals surface area contributed by atoms with Gasteiger partial charge in [0.1, 0.15) is 10.6 Å². The second-order valence-corrected chi connectivity index (χ2v) is 9.06. The van der Waals surface area contributed by atoms with Crippen LogP contribution in [-0.4, -0.2) is 39.8 Å². The van der Waals surface area contributed by atoms with Gasteiger partial charge >= 0.3 is 0 Å². The lowest BCUT2D eigenvalue weighted by Crippen LogP contribution is -2.43. The first-order chi connectivity index (χ1) is 14.3. The summed E-state index contributed by atoms with van der Waals surface area (Å²) in [6.45, 7) is 9.02. The Morgan fingerprint density at radius 1 is 1.13 bits per heavy atom. The molecule has 156 valence electrons. The molecule has 0 aliphatic carbocycles. The molecule has 30 heavy (non-hydrogen) atoms. The Bertz CT molecular complexity index is 1140. The maximum absolute atomic E-state index is 13.3. The van der Waals surface area contributed by atoms with E-state index < -0.39 is 0 Å². The van der Waals surface area contributed by atoms with Crippen molar-refractivity contribution >= 4 is 39.2 Å². The molecule has 6 nitrogen and oxygen atoms in total. The maximum atomic E-state index is 13.3. The number of carbonyl (C=O) groups is 2. The predicted molar refractivity (Wildman–Crippen MR) is 120 cm³/mol. The average molecular weight is 423 g/mol. The number of hydrogen-bond acceptors (Lipinski definition) is 5. The molecule has 1 atom stereocenters. The quantitative estimate of drug-likeness (QED) is 0.678. The Morgan fingerprint density at radius 2 is 1.93 bits per heavy atom. The maximum Gasteiger partial charge on any atom is 0.264 e. The predicted octanol–water partition coefficient (Wildman–Crippen LogP) is 4.42. The number of hydrogen-bond donors (Lipinski definition) is 1. The highest BCUT2D eigenvalue weighted by molar-refractivity contribution is 7.20. The number of aromatic nitrogens is 2. The number of amides is 2. The molecule has 3 aromatic rings. The van der Waals surface area contributed by atoms with Gasteiger partial charge in [-0.15, -0.1) is 11.3 Å². The van der Waals surface area contributed by atoms with Crippen LogP contribution < -0.4 is 5.32 Å². The number of nitrogens with zero attached hydrogens (tertiary/aromatic N) is 3. The van der Waals surface area contributed by atoms with Gasteiger partial charge < -0.3 is 10.2 Å². The van der Waals surface area contributed by atoms with E-state index in [0.717, 1.165) is 50.5 Å². The zero-order valence-electron chi connectivity index (χ0n) is 17.8. The molecule has 2 amide bonds. The number of carbonyl (C=O) groups excluding carboxylic acids is 2. The first-order valence-electron chi connectivity index (χ1n) is 10.2. The van der Waals surface area contributed by atoms with Crippen molar-refractivity contribution in [2.75, 3.05) is 18.4 Å². The Labute approximate surface area is 180 Å². The van der Waals surface area contributed by atoms with Crippen LogP contribution in [0.25, 0.3) is 10.2 Å². The number of aryl methyl sites for hydroxylation is 4. The summed E-state index contributed by atoms with van der Waals surface area (Å²) in [4.78, 5) is 38.5. The van der Waals surface area contributed by atoms with Crippen molar-refractivity contribution in [1.29, 1.82) is 0 Å². The average Bonchev–Trinajstić information content (AvgIpc) is 3.04. The van der Waals surface area contributed by atoms with Crippen molar-refractivity contribution in [1.82, 2.24) is 14.9 Å². The van der Waals surface area contributed by atoms with Crippen molar-refractivity contribution in [3.8, 4) is 0 Å². The third-order valence-corrected chi connectivity index (χ3v) is 6.81. The summed E-state index contributed by atoms with van der Waals surface area (Å²) in [5.74, 6) is 0.244. The van der Waals surface area contributed by atoms with Crippen molar-refractivity contribution in [2.45, 2.75) is 40.5 Å². The van der Waals surface area contributed by atoms with E-state index >= 15 is 0 Å². The highest BCUT2D eigenvalue weighted by atomic mass is 32.1. The highest BCUT2D eigenvalue weighted by Gasteiger charge is 2.31. The molecule has 0 unspecified atom stereocenters. The molecule has 0 bridgehead atoms. The van der Waals surface area contributed by atoms with Crippen LogP contribution >= 0.6 is 11.3 Å². The lowest BCUT2D eigenvalue weighted by Gasteiger charge is -2.32. The molecule has 0 spiro atoms. The zero-order chi connectivity index (χ0) is 21.4. The van der Waals surface area contributed by atoms with Gasteiger partial charge in [0.2, 0.25) is 5.91 Å². The van der Waals surface area contributed by atoms with Gasteiger partial charge in [0.05, 0.1) is 10.8 Å². The van der Waals surface area contributed by atoms with E-state index in [9.17, 15) is 9.59 Å². The first kappa shape index (κ1) is 20.5. The van der Waals surface area contributed by atoms with E-state index in [4.69, 9.17) is 0 Å². The Hall–Kier alpha value is -2.80. The van der Waals surface area contributed by atoms with E-state index in [-0.39, 0.29) is 17.7 Å². The number of pyridine rings is 2. The Morgan fingerprint density at radius 3 is 2.70 bits per heavy atom. The van der Waals surface area contributed by atoms with Crippen LogP contribution in [0.5, 0.6) is 0 Å². The number of rotatable bonds is 3. The van der Waals surface area contributed by atoms with Crippen LogP contribution in [0.2, 0.25) is 0 Å². The van der Waals surface area contributed by atoms with Crippen LogP contribution in [0.15, 0.2) is 24.3 Å². The SMILES string of the molecule is Cc1cccc(NC(=O)[C@H]2CCCN(C(=O)c3sc4nc(C)cc(C)c4c3C)C2)n1. The Kier molecular flexibility index (Phi) is 5.56. The number of thiophene rings is 1. The number of anilines is 1. The molecule has 4 rings (SSSR count). The van der Waals surface area contributed by atoms with E-state index in [2.05, 4.69) is 28.3 Å². The topological polar surface area (TPSA) is 75.2 Å². The molecule has 1 aliphatic rings. The molecular weight excluding hydrogens is 396 g/mol. The highest BCUT2D eigenvalue weighted by Crippen LogP contribution is 2.34. The van der Waals surface area contributed by atoms with Gasteiger partial charge in [-0.1, -0.05) is 6.07 Å². The summed E-state index contributed by atoms with van der Waals surface area (Å²) in [6.07, 6.45) is 1.58. The second-order valence-electron chi connectivity index (χ2n) is 8.06. The lowest BCUT2D eigenvalue weighted by molar-refractivity contribution is -0.121. The molecule has 1 saturated heterocycles. The van der Waals surface area contributed by atoms with Crippen LogP contribution in [-0.2, 0) is 4.79 Å². The van der Waals surface area contributed by atoms with Crippen LogP contribution in [0.1, 0.15) is 45.0 Å². The van der Waals surface area contributed by atoms with Crippen LogP contribution in [0.3, 0.4) is 0 Å². The van der Waals surface area contributed by atoms with Crippen molar-refractivity contribution < 1.29 is 9.59 Å². The molecule has 7 heteroatoms. The second kappa shape index (κ2) is 8.14. The summed E-state index contributed by atoms with van der Waals surface area (Å²) in [6, 6.07) is 7.60. The minimum atomic E-state index is -0.234. The largest absolute Gasteiger partial charge is 0.337 e. The van der Waals surface area contributed by atoms with Gasteiger partial charge in [0, 0.05) is 29.9 Å². The van der Waals surface area contributed by atoms with Gasteiger partial charge in [-0.3, -0.25) is 9.59 Å². The zero-order valence-corrected chi connectivity index (χ0v) is 18.6. The van der Waals surface area contributed by atoms with Gasteiger partial charge in [0.25, 0.3) is 5.91 Å². The summed E-state index contributed by atoms with van der Waals surface area (Å²) < 4.78 is 0. The molecule has 3 aromatic heterocycles. The standard InChI is InChI=1S/C23H26N4O2S/c1-13-11-15(3)25-22-19(13)16(4)20(30-22)23(29)27-10-6-8-17(12-27)21(28)26-18-9-5-7-14(2)24-18/h5,7,9,11,17H,6,8,10,12H2,1-4H3,(H,24,26,28)/t17-/m0/s1. The van der Waals surface area contributed by atoms with Crippen LogP contribution in [0.4, 0.5) is 5.82 Å². The smallest absolute Gasteiger partial charge is 0.264 e. The Balaban J connectivity index is 1.52. The fraction of sp³-hybridized carbons (Fsp3) is 0.391. The summed E-state index contributed by atoms with van der Waals surface area (Å²) >= 11 is 1.45. The van der Waals surface area contributed by atoms with Gasteiger partial charge in [-0.2, -0.15) is 0 Å². The summed E-state index contributed by atoms with van der Waals surface area (Å²) in [7, 11) is 0. The molecule has 4 heterocycles. The van der Waals surface area contributed by atoms with E-state index in [1.54, 1.807) is 6.07 Å². The van der Waals surface area contributed by atoms with Crippen molar-refractivity contribution in [3.63, 3.8) is 0 Å². The monoisotopic (exact) mass is 422 g/mol. The lowest BCUT2D eigenvalue weighted by atomic mass is 9.96. The van der Waals surface area contributed by atoms with Crippen LogP contribution in [0, 0.1) is 33.6 Å². The third kappa shape index (κ3) is 3.94. The molecule has 0 radical (unpaired) electrons. The van der Waals surface area contributed by atoms with E-state index in [1.165, 1.54) is 11.3 Å². The molecule has 1 N–H and O–H groups in total. The van der Waals surface area contributed by atoms with Crippen molar-refractivity contribution in [2.24, 2.45) is 5.92 Å². The molecule has 0 saturated carbocycles. The van der Waals surface area contributed by atoms with E-state index in [0.29, 0.717) is 18.9 Å². The van der Waals surface area contributed by atoms with Gasteiger partial charge in [0.15, 0.2) is 0 Å². The van der Waals surface area contributed by atoms with Gasteiger partial charge in [-0.25, -0.2) is 9.97 Å². The minimum absolute atomic E-state index is 0.00117. The fourth-order valence-corrected chi connectivity index (χ4v) is 5.45. The molecular formula is C23H26N4O2S. The summed E-state index contributed by atoms with van der Waals surface area (Å²) in [5, 5.41) is 3.98. The minimum Gasteiger partial charge on any atom is -0.337 e. The number of piperidine rings is 1. The number of nitrogens with one attached hydrogen (secondary N) is 1. The van der Waals surface area contributed by atoms with E-state index in [1.807, 2.05) is 37.8 Å². The molecule has 0 aromatic carbocycles. The van der Waals surface area contributed by atoms with Crippen molar-refractivity contribution in [3.05, 3.63) is 51.7 Å². The molecule has 1 fully saturated rings. The normalized spacial score (nSPS) is 16.7. The summed E-state index contributed by atoms with van der Waals surface area (Å²) in [5.41, 5.74) is 3.94. The first-order valence-corrected chi connectivity index (χ1v) is 11.1. The fourth-order valence-electron chi connectivity index (χ4n) is 4.18.